The average Bonchev–Trinajstić information content (AvgIpc) is 2.14. The molecule has 0 rings (SSSR count). The summed E-state index contributed by atoms with van der Waals surface area (Å²) in [6.45, 7) is 0. The third-order valence-electron chi connectivity index (χ3n) is 1.26. The van der Waals surface area contributed by atoms with Crippen LogP contribution in [-0.2, 0) is 9.59 Å². The molecule has 4 nitrogen and oxygen atoms in total. The van der Waals surface area contributed by atoms with Crippen molar-refractivity contribution in [1.29, 1.82) is 0 Å². The molecule has 0 aromatic carbocycles. The summed E-state index contributed by atoms with van der Waals surface area (Å²) in [7, 11) is 0. The molecule has 0 heterocycles. The number of carboxylic acids is 2. The van der Waals surface area contributed by atoms with Crippen LogP contribution in [0.2, 0.25) is 9.88 Å². The van der Waals surface area contributed by atoms with E-state index in [9.17, 15) is 19.8 Å². The second-order valence-electron chi connectivity index (χ2n) is 2.75. The van der Waals surface area contributed by atoms with E-state index in [0.717, 1.165) is 0 Å². The van der Waals surface area contributed by atoms with Crippen LogP contribution in [0.5, 0.6) is 0 Å². The fourth-order valence-corrected chi connectivity index (χ4v) is 0.850. The molecule has 0 aromatic heterocycles. The monoisotopic (exact) mass is 358 g/mol. The van der Waals surface area contributed by atoms with Gasteiger partial charge in [-0.1, -0.05) is 0 Å². The van der Waals surface area contributed by atoms with Gasteiger partial charge < -0.3 is 19.8 Å². The Bertz CT molecular complexity index is 181. The van der Waals surface area contributed by atoms with Gasteiger partial charge in [-0.2, -0.15) is 25.3 Å². The molecule has 0 amide bonds. The topological polar surface area (TPSA) is 80.3 Å². The summed E-state index contributed by atoms with van der Waals surface area (Å²) in [6, 6.07) is 0. The zero-order chi connectivity index (χ0) is 12.4. The van der Waals surface area contributed by atoms with E-state index in [-0.39, 0.29) is 34.0 Å². The quantitative estimate of drug-likeness (QED) is 0.471. The Morgan fingerprint density at radius 1 is 1.07 bits per heavy atom. The molecule has 0 aliphatic rings. The van der Waals surface area contributed by atoms with Gasteiger partial charge in [0, 0.05) is 10.5 Å². The van der Waals surface area contributed by atoms with Gasteiger partial charge in [0.2, 0.25) is 0 Å². The first-order chi connectivity index (χ1) is 6.86. The SMILES string of the molecule is O=C([O-])C(S)CCC(S)C(=O)[O-].[CH3][Sn+2][CH3]. The van der Waals surface area contributed by atoms with Gasteiger partial charge in [0.15, 0.2) is 0 Å². The van der Waals surface area contributed by atoms with E-state index in [1.807, 2.05) is 0 Å². The van der Waals surface area contributed by atoms with Crippen LogP contribution < -0.4 is 10.2 Å². The molecular formula is C8H14O4S2Sn. The van der Waals surface area contributed by atoms with Crippen molar-refractivity contribution in [3.8, 4) is 0 Å². The molecule has 0 spiro atoms. The second kappa shape index (κ2) is 10.9. The Kier molecular flexibility index (Phi) is 13.0. The minimum absolute atomic E-state index is 0.105. The van der Waals surface area contributed by atoms with E-state index >= 15 is 0 Å². The van der Waals surface area contributed by atoms with Gasteiger partial charge in [-0.15, -0.1) is 0 Å². The van der Waals surface area contributed by atoms with E-state index in [4.69, 9.17) is 0 Å². The molecule has 7 heteroatoms. The fraction of sp³-hybridized carbons (Fsp3) is 0.750. The minimum atomic E-state index is -1.31. The van der Waals surface area contributed by atoms with E-state index in [2.05, 4.69) is 35.1 Å². The predicted molar refractivity (Wildman–Crippen MR) is 62.3 cm³/mol. The number of carbonyl (C=O) groups excluding carboxylic acids is 2. The van der Waals surface area contributed by atoms with Crippen molar-refractivity contribution in [2.75, 3.05) is 0 Å². The molecule has 0 bridgehead atoms. The Morgan fingerprint density at radius 3 is 1.40 bits per heavy atom. The zero-order valence-electron chi connectivity index (χ0n) is 8.60. The second-order valence-corrected chi connectivity index (χ2v) is 6.85. The summed E-state index contributed by atoms with van der Waals surface area (Å²) in [5.74, 6) is -2.62. The fourth-order valence-electron chi connectivity index (χ4n) is 0.551. The Morgan fingerprint density at radius 2 is 1.27 bits per heavy atom. The molecule has 86 valence electrons. The number of rotatable bonds is 5. The molecule has 0 saturated heterocycles. The van der Waals surface area contributed by atoms with E-state index < -0.39 is 22.4 Å². The molecule has 0 radical (unpaired) electrons. The number of thiol groups is 2. The maximum absolute atomic E-state index is 10.1. The number of hydrogen-bond acceptors (Lipinski definition) is 6. The van der Waals surface area contributed by atoms with Crippen molar-refractivity contribution < 1.29 is 19.8 Å². The van der Waals surface area contributed by atoms with Crippen molar-refractivity contribution >= 4 is 58.3 Å². The van der Waals surface area contributed by atoms with Crippen molar-refractivity contribution in [2.24, 2.45) is 0 Å². The predicted octanol–water partition coefficient (Wildman–Crippen LogP) is -1.35. The Hall–Kier alpha value is 0.439. The van der Waals surface area contributed by atoms with Gasteiger partial charge >= 0.3 is 31.0 Å². The van der Waals surface area contributed by atoms with Crippen molar-refractivity contribution in [1.82, 2.24) is 0 Å². The van der Waals surface area contributed by atoms with Gasteiger partial charge in [0.1, 0.15) is 0 Å². The molecule has 0 aliphatic carbocycles. The van der Waals surface area contributed by atoms with Crippen LogP contribution in [0.3, 0.4) is 0 Å². The summed E-state index contributed by atoms with van der Waals surface area (Å²) < 4.78 is 0. The van der Waals surface area contributed by atoms with Crippen LogP contribution in [0.15, 0.2) is 0 Å². The Labute approximate surface area is 111 Å². The first-order valence-corrected chi connectivity index (χ1v) is 11.0. The summed E-state index contributed by atoms with van der Waals surface area (Å²) >= 11 is 7.55. The first kappa shape index (κ1) is 17.8. The number of aliphatic carboxylic acids is 2. The molecular weight excluding hydrogens is 343 g/mol. The van der Waals surface area contributed by atoms with Gasteiger partial charge in [0.05, 0.1) is 11.9 Å². The molecule has 0 saturated carbocycles. The zero-order valence-corrected chi connectivity index (χ0v) is 13.2. The van der Waals surface area contributed by atoms with Crippen LogP contribution in [0.4, 0.5) is 0 Å². The molecule has 0 aliphatic heterocycles. The molecule has 0 fully saturated rings. The molecule has 2 unspecified atom stereocenters. The van der Waals surface area contributed by atoms with Crippen molar-refractivity contribution in [3.63, 3.8) is 0 Å². The molecule has 0 N–H and O–H groups in total. The van der Waals surface area contributed by atoms with E-state index in [1.54, 1.807) is 0 Å². The first-order valence-electron chi connectivity index (χ1n) is 4.23. The van der Waals surface area contributed by atoms with Gasteiger partial charge in [-0.05, 0) is 12.8 Å². The van der Waals surface area contributed by atoms with Gasteiger partial charge in [0.25, 0.3) is 0 Å². The normalized spacial score (nSPS) is 12.8. The summed E-state index contributed by atoms with van der Waals surface area (Å²) in [4.78, 5) is 24.8. The number of hydrogen-bond donors (Lipinski definition) is 2. The van der Waals surface area contributed by atoms with Crippen molar-refractivity contribution in [3.05, 3.63) is 0 Å². The Balaban J connectivity index is 0. The van der Waals surface area contributed by atoms with Crippen LogP contribution in [0, 0.1) is 0 Å². The van der Waals surface area contributed by atoms with E-state index in [0.29, 0.717) is 0 Å². The number of carbonyl (C=O) groups is 2. The van der Waals surface area contributed by atoms with Crippen LogP contribution in [-0.4, -0.2) is 43.6 Å². The third kappa shape index (κ3) is 12.4. The van der Waals surface area contributed by atoms with Gasteiger partial charge in [-0.3, -0.25) is 0 Å². The molecule has 15 heavy (non-hydrogen) atoms. The van der Waals surface area contributed by atoms with Gasteiger partial charge in [-0.25, -0.2) is 0 Å². The van der Waals surface area contributed by atoms with Crippen LogP contribution >= 0.6 is 25.3 Å². The van der Waals surface area contributed by atoms with Crippen LogP contribution in [0.1, 0.15) is 12.8 Å². The summed E-state index contributed by atoms with van der Waals surface area (Å²) in [5.41, 5.74) is 0. The molecule has 2 atom stereocenters. The summed E-state index contributed by atoms with van der Waals surface area (Å²) in [6.07, 6.45) is 0.210. The number of carboxylic acid groups (broad SMARTS) is 2. The van der Waals surface area contributed by atoms with E-state index in [1.165, 1.54) is 0 Å². The maximum atomic E-state index is 10.1. The third-order valence-corrected chi connectivity index (χ3v) is 2.20. The summed E-state index contributed by atoms with van der Waals surface area (Å²) in [5, 5.41) is 18.3. The van der Waals surface area contributed by atoms with Crippen molar-refractivity contribution in [2.45, 2.75) is 33.2 Å². The van der Waals surface area contributed by atoms with Crippen LogP contribution in [0.25, 0.3) is 0 Å². The standard InChI is InChI=1S/C6H10O4S2.2CH3.Sn/c7-5(8)3(11)1-2-4(12)6(9)10;;;/h3-4,11-12H,1-2H2,(H,7,8)(H,9,10);2*1H3;/q;;;+2/p-2. The molecule has 0 aromatic rings. The average molecular weight is 357 g/mol.